The minimum atomic E-state index is -0.458. The minimum Gasteiger partial charge on any atom is -0.310 e. The molecule has 2 aliphatic carbocycles. The summed E-state index contributed by atoms with van der Waals surface area (Å²) in [4.78, 5) is 2.44. The summed E-state index contributed by atoms with van der Waals surface area (Å²) in [7, 11) is 0. The summed E-state index contributed by atoms with van der Waals surface area (Å²) in [5, 5.41) is 2.65. The molecule has 11 aromatic rings. The fraction of sp³-hybridized carbons (Fsp3) is 0.0625. The lowest BCUT2D eigenvalue weighted by molar-refractivity contribution is 0.660. The fourth-order valence-corrected chi connectivity index (χ4v) is 12.5. The maximum Gasteiger partial charge on any atom is 0.0713 e. The Kier molecular flexibility index (Phi) is 8.72. The van der Waals surface area contributed by atoms with E-state index in [1.807, 2.05) is 11.3 Å². The average Bonchev–Trinajstić information content (AvgIpc) is 3.98. The van der Waals surface area contributed by atoms with Crippen LogP contribution in [0.5, 0.6) is 0 Å². The number of hydrogen-bond acceptors (Lipinski definition) is 2. The molecule has 2 heteroatoms. The zero-order valence-electron chi connectivity index (χ0n) is 36.9. The Labute approximate surface area is 390 Å². The van der Waals surface area contributed by atoms with E-state index in [1.54, 1.807) is 0 Å². The van der Waals surface area contributed by atoms with E-state index in [1.165, 1.54) is 98.1 Å². The Morgan fingerprint density at radius 2 is 0.818 bits per heavy atom. The number of rotatable bonds is 7. The maximum absolute atomic E-state index is 2.44. The van der Waals surface area contributed by atoms with Gasteiger partial charge in [-0.1, -0.05) is 190 Å². The van der Waals surface area contributed by atoms with E-state index in [9.17, 15) is 0 Å². The van der Waals surface area contributed by atoms with Gasteiger partial charge in [-0.05, 0) is 139 Å². The zero-order valence-corrected chi connectivity index (χ0v) is 37.7. The van der Waals surface area contributed by atoms with Gasteiger partial charge in [0.2, 0.25) is 0 Å². The van der Waals surface area contributed by atoms with E-state index in [-0.39, 0.29) is 5.41 Å². The lowest BCUT2D eigenvalue weighted by Crippen LogP contribution is -2.28. The lowest BCUT2D eigenvalue weighted by Gasteiger charge is -2.34. The van der Waals surface area contributed by atoms with Crippen LogP contribution in [-0.2, 0) is 10.8 Å². The topological polar surface area (TPSA) is 3.24 Å². The van der Waals surface area contributed by atoms with E-state index in [0.29, 0.717) is 0 Å². The molecule has 1 heterocycles. The smallest absolute Gasteiger partial charge is 0.0713 e. The van der Waals surface area contributed by atoms with Crippen molar-refractivity contribution < 1.29 is 0 Å². The van der Waals surface area contributed by atoms with Gasteiger partial charge in [0, 0.05) is 42.6 Å². The highest BCUT2D eigenvalue weighted by Crippen LogP contribution is 2.57. The highest BCUT2D eigenvalue weighted by Gasteiger charge is 2.46. The van der Waals surface area contributed by atoms with Crippen LogP contribution in [0, 0.1) is 0 Å². The predicted octanol–water partition coefficient (Wildman–Crippen LogP) is 17.5. The largest absolute Gasteiger partial charge is 0.310 e. The SMILES string of the molecule is CC1(C)c2ccccc2-c2ccc(N(c3ccc(-c4cccc(-c5ccc6sc7ccccc7c6c5)c4)cc3)c3ccc(C4(c5ccccc5)c5ccccc5-c5ccccc54)cc3)cc21. The van der Waals surface area contributed by atoms with Crippen molar-refractivity contribution in [2.24, 2.45) is 0 Å². The fourth-order valence-electron chi connectivity index (χ4n) is 11.4. The summed E-state index contributed by atoms with van der Waals surface area (Å²) in [6.45, 7) is 4.73. The molecule has 0 unspecified atom stereocenters. The predicted molar refractivity (Wildman–Crippen MR) is 280 cm³/mol. The van der Waals surface area contributed by atoms with Crippen LogP contribution in [0.25, 0.3) is 64.7 Å². The van der Waals surface area contributed by atoms with Crippen LogP contribution < -0.4 is 4.90 Å². The van der Waals surface area contributed by atoms with Crippen LogP contribution in [-0.4, -0.2) is 0 Å². The Bertz CT molecular complexity index is 3620. The van der Waals surface area contributed by atoms with Crippen LogP contribution in [0.15, 0.2) is 237 Å². The molecule has 13 rings (SSSR count). The average molecular weight is 860 g/mol. The molecular formula is C64H45NS. The summed E-state index contributed by atoms with van der Waals surface area (Å²) in [5.74, 6) is 0. The van der Waals surface area contributed by atoms with Gasteiger partial charge >= 0.3 is 0 Å². The van der Waals surface area contributed by atoms with Gasteiger partial charge in [-0.25, -0.2) is 0 Å². The highest BCUT2D eigenvalue weighted by molar-refractivity contribution is 7.25. The molecule has 312 valence electrons. The van der Waals surface area contributed by atoms with Crippen molar-refractivity contribution in [2.45, 2.75) is 24.7 Å². The van der Waals surface area contributed by atoms with Crippen molar-refractivity contribution in [1.29, 1.82) is 0 Å². The van der Waals surface area contributed by atoms with Crippen LogP contribution in [0.4, 0.5) is 17.1 Å². The quantitative estimate of drug-likeness (QED) is 0.154. The molecule has 0 spiro atoms. The van der Waals surface area contributed by atoms with Crippen LogP contribution in [0.1, 0.15) is 47.2 Å². The second-order valence-corrected chi connectivity index (χ2v) is 19.5. The molecule has 0 saturated carbocycles. The van der Waals surface area contributed by atoms with Gasteiger partial charge in [0.1, 0.15) is 0 Å². The van der Waals surface area contributed by atoms with Crippen molar-refractivity contribution in [3.63, 3.8) is 0 Å². The molecule has 0 saturated heterocycles. The molecule has 10 aromatic carbocycles. The van der Waals surface area contributed by atoms with Gasteiger partial charge in [0.05, 0.1) is 5.41 Å². The maximum atomic E-state index is 2.44. The van der Waals surface area contributed by atoms with Crippen LogP contribution in [0.3, 0.4) is 0 Å². The van der Waals surface area contributed by atoms with Crippen molar-refractivity contribution in [3.8, 4) is 44.5 Å². The van der Waals surface area contributed by atoms with E-state index < -0.39 is 5.41 Å². The van der Waals surface area contributed by atoms with Crippen molar-refractivity contribution >= 4 is 48.6 Å². The third-order valence-electron chi connectivity index (χ3n) is 14.6. The summed E-state index contributed by atoms with van der Waals surface area (Å²) >= 11 is 1.86. The number of nitrogens with zero attached hydrogens (tertiary/aromatic N) is 1. The van der Waals surface area contributed by atoms with E-state index in [0.717, 1.165) is 17.1 Å². The molecule has 0 N–H and O–H groups in total. The summed E-state index contributed by atoms with van der Waals surface area (Å²) in [5.41, 5.74) is 20.8. The Morgan fingerprint density at radius 3 is 1.53 bits per heavy atom. The first-order valence-corrected chi connectivity index (χ1v) is 23.8. The third-order valence-corrected chi connectivity index (χ3v) is 15.7. The van der Waals surface area contributed by atoms with Crippen LogP contribution >= 0.6 is 11.3 Å². The number of hydrogen-bond donors (Lipinski definition) is 0. The highest BCUT2D eigenvalue weighted by atomic mass is 32.1. The molecule has 2 aliphatic rings. The van der Waals surface area contributed by atoms with Gasteiger partial charge in [0.15, 0.2) is 0 Å². The Balaban J connectivity index is 0.925. The number of fused-ring (bicyclic) bond motifs is 9. The first-order valence-electron chi connectivity index (χ1n) is 23.0. The van der Waals surface area contributed by atoms with Crippen molar-refractivity contribution in [2.75, 3.05) is 4.90 Å². The molecule has 0 fully saturated rings. The van der Waals surface area contributed by atoms with E-state index >= 15 is 0 Å². The van der Waals surface area contributed by atoms with E-state index in [4.69, 9.17) is 0 Å². The molecule has 0 aliphatic heterocycles. The van der Waals surface area contributed by atoms with Gasteiger partial charge in [-0.3, -0.25) is 0 Å². The molecule has 66 heavy (non-hydrogen) atoms. The first kappa shape index (κ1) is 38.7. The standard InChI is InChI=1S/C64H45NS/c1-63(2)57-23-10-6-19-51(57)54-37-36-50(41-60(54)63)65(48-32-27-42(28-33-48)43-15-14-16-44(39-43)45-29-38-62-56(40-45)55-22-9-13-26-61(55)66-62)49-34-30-47(31-35-49)64(46-17-4-3-5-18-46)58-24-11-7-20-52(58)53-21-8-12-25-59(53)64/h3-41H,1-2H3. The molecule has 0 amide bonds. The van der Waals surface area contributed by atoms with Gasteiger partial charge in [0.25, 0.3) is 0 Å². The van der Waals surface area contributed by atoms with E-state index in [2.05, 4.69) is 255 Å². The number of benzene rings is 10. The van der Waals surface area contributed by atoms with Crippen LogP contribution in [0.2, 0.25) is 0 Å². The molecule has 1 aromatic heterocycles. The Hall–Kier alpha value is -7.78. The molecule has 0 bridgehead atoms. The monoisotopic (exact) mass is 859 g/mol. The van der Waals surface area contributed by atoms with Gasteiger partial charge in [-0.15, -0.1) is 11.3 Å². The minimum absolute atomic E-state index is 0.126. The molecule has 0 radical (unpaired) electrons. The molecule has 0 atom stereocenters. The Morgan fingerprint density at radius 1 is 0.318 bits per heavy atom. The second kappa shape index (κ2) is 14.9. The molecule has 1 nitrogen and oxygen atoms in total. The third kappa shape index (κ3) is 5.78. The van der Waals surface area contributed by atoms with Crippen molar-refractivity contribution in [1.82, 2.24) is 0 Å². The van der Waals surface area contributed by atoms with Crippen molar-refractivity contribution in [3.05, 3.63) is 270 Å². The summed E-state index contributed by atoms with van der Waals surface area (Å²) in [6, 6.07) is 88.2. The van der Waals surface area contributed by atoms with Gasteiger partial charge < -0.3 is 4.90 Å². The second-order valence-electron chi connectivity index (χ2n) is 18.4. The number of anilines is 3. The zero-order chi connectivity index (χ0) is 44.0. The summed E-state index contributed by atoms with van der Waals surface area (Å²) < 4.78 is 2.66. The molecular weight excluding hydrogens is 815 g/mol. The number of thiophene rings is 1. The lowest BCUT2D eigenvalue weighted by atomic mass is 9.68. The first-order chi connectivity index (χ1) is 32.5. The summed E-state index contributed by atoms with van der Waals surface area (Å²) in [6.07, 6.45) is 0. The van der Waals surface area contributed by atoms with Gasteiger partial charge in [-0.2, -0.15) is 0 Å². The normalized spacial score (nSPS) is 13.8.